The van der Waals surface area contributed by atoms with Crippen molar-refractivity contribution in [2.75, 3.05) is 6.54 Å². The quantitative estimate of drug-likeness (QED) is 0.915. The summed E-state index contributed by atoms with van der Waals surface area (Å²) in [5, 5.41) is 0. The second-order valence-electron chi connectivity index (χ2n) is 5.02. The molecule has 1 aliphatic carbocycles. The third kappa shape index (κ3) is 1.80. The average molecular weight is 306 g/mol. The van der Waals surface area contributed by atoms with Crippen molar-refractivity contribution in [2.45, 2.75) is 25.2 Å². The Morgan fingerprint density at radius 3 is 2.72 bits per heavy atom. The number of H-pyrrole nitrogens is 1. The van der Waals surface area contributed by atoms with Crippen LogP contribution < -0.4 is 5.73 Å². The first kappa shape index (κ1) is 11.9. The Bertz CT molecular complexity index is 584. The predicted molar refractivity (Wildman–Crippen MR) is 76.4 cm³/mol. The van der Waals surface area contributed by atoms with Crippen LogP contribution in [-0.2, 0) is 5.41 Å². The van der Waals surface area contributed by atoms with Gasteiger partial charge in [-0.3, -0.25) is 0 Å². The summed E-state index contributed by atoms with van der Waals surface area (Å²) in [7, 11) is 0. The number of nitrogens with zero attached hydrogens (tertiary/aromatic N) is 1. The van der Waals surface area contributed by atoms with E-state index < -0.39 is 0 Å². The molecule has 0 bridgehead atoms. The minimum absolute atomic E-state index is 0.115. The van der Waals surface area contributed by atoms with E-state index >= 15 is 0 Å². The van der Waals surface area contributed by atoms with E-state index in [-0.39, 0.29) is 5.41 Å². The van der Waals surface area contributed by atoms with E-state index in [0.717, 1.165) is 40.1 Å². The molecule has 94 valence electrons. The van der Waals surface area contributed by atoms with Crippen LogP contribution in [0.3, 0.4) is 0 Å². The number of hydrogen-bond donors (Lipinski definition) is 2. The minimum Gasteiger partial charge on any atom is -0.345 e. The topological polar surface area (TPSA) is 54.7 Å². The van der Waals surface area contributed by atoms with Gasteiger partial charge in [-0.2, -0.15) is 0 Å². The van der Waals surface area contributed by atoms with E-state index in [1.807, 2.05) is 18.2 Å². The van der Waals surface area contributed by atoms with E-state index in [9.17, 15) is 0 Å². The Balaban J connectivity index is 2.07. The van der Waals surface area contributed by atoms with Gasteiger partial charge in [0.05, 0.1) is 5.69 Å². The number of aryl methyl sites for hydroxylation is 1. The Labute approximate surface area is 115 Å². The summed E-state index contributed by atoms with van der Waals surface area (Å²) in [6.45, 7) is 2.74. The van der Waals surface area contributed by atoms with Gasteiger partial charge in [0, 0.05) is 27.7 Å². The smallest absolute Gasteiger partial charge is 0.114 e. The third-order valence-electron chi connectivity index (χ3n) is 3.76. The van der Waals surface area contributed by atoms with Crippen LogP contribution in [0.25, 0.3) is 11.3 Å². The van der Waals surface area contributed by atoms with E-state index in [0.29, 0.717) is 6.54 Å². The number of imidazole rings is 1. The molecule has 1 heterocycles. The van der Waals surface area contributed by atoms with E-state index in [4.69, 9.17) is 10.7 Å². The molecule has 1 fully saturated rings. The number of benzene rings is 1. The standard InChI is InChI=1S/C14H16BrN3/c1-9-12(10-4-2-3-5-11(10)15)18-13(17-9)14(8-16)6-7-14/h2-5H,6-8,16H2,1H3,(H,17,18). The average Bonchev–Trinajstić information content (AvgIpc) is 3.08. The normalized spacial score (nSPS) is 16.8. The maximum absolute atomic E-state index is 5.86. The fourth-order valence-electron chi connectivity index (χ4n) is 2.32. The van der Waals surface area contributed by atoms with Crippen molar-refractivity contribution < 1.29 is 0 Å². The molecule has 3 nitrogen and oxygen atoms in total. The first-order valence-corrected chi connectivity index (χ1v) is 6.98. The molecule has 0 radical (unpaired) electrons. The van der Waals surface area contributed by atoms with Crippen molar-refractivity contribution in [3.63, 3.8) is 0 Å². The molecule has 0 atom stereocenters. The lowest BCUT2D eigenvalue weighted by Gasteiger charge is -2.07. The molecule has 2 aromatic rings. The molecule has 18 heavy (non-hydrogen) atoms. The number of aromatic amines is 1. The zero-order chi connectivity index (χ0) is 12.8. The van der Waals surface area contributed by atoms with Gasteiger partial charge < -0.3 is 10.7 Å². The van der Waals surface area contributed by atoms with Gasteiger partial charge in [0.2, 0.25) is 0 Å². The third-order valence-corrected chi connectivity index (χ3v) is 4.45. The second-order valence-corrected chi connectivity index (χ2v) is 5.88. The lowest BCUT2D eigenvalue weighted by molar-refractivity contribution is 0.658. The van der Waals surface area contributed by atoms with Gasteiger partial charge in [0.15, 0.2) is 0 Å². The first-order valence-electron chi connectivity index (χ1n) is 6.18. The predicted octanol–water partition coefficient (Wildman–Crippen LogP) is 3.14. The first-order chi connectivity index (χ1) is 8.66. The molecule has 0 aliphatic heterocycles. The van der Waals surface area contributed by atoms with Crippen molar-refractivity contribution in [1.82, 2.24) is 9.97 Å². The van der Waals surface area contributed by atoms with Crippen molar-refractivity contribution in [2.24, 2.45) is 5.73 Å². The van der Waals surface area contributed by atoms with Crippen LogP contribution in [0.4, 0.5) is 0 Å². The molecule has 1 aromatic carbocycles. The molecule has 0 amide bonds. The molecular weight excluding hydrogens is 290 g/mol. The molecular formula is C14H16BrN3. The van der Waals surface area contributed by atoms with Crippen LogP contribution in [-0.4, -0.2) is 16.5 Å². The maximum atomic E-state index is 5.86. The fraction of sp³-hybridized carbons (Fsp3) is 0.357. The highest BCUT2D eigenvalue weighted by Crippen LogP contribution is 2.46. The molecule has 1 aromatic heterocycles. The summed E-state index contributed by atoms with van der Waals surface area (Å²) >= 11 is 3.58. The van der Waals surface area contributed by atoms with Crippen molar-refractivity contribution in [1.29, 1.82) is 0 Å². The highest BCUT2D eigenvalue weighted by molar-refractivity contribution is 9.10. The number of halogens is 1. The number of aromatic nitrogens is 2. The molecule has 0 spiro atoms. The molecule has 4 heteroatoms. The zero-order valence-corrected chi connectivity index (χ0v) is 11.9. The van der Waals surface area contributed by atoms with Gasteiger partial charge in [-0.05, 0) is 25.8 Å². The minimum atomic E-state index is 0.115. The summed E-state index contributed by atoms with van der Waals surface area (Å²) in [5.41, 5.74) is 9.24. The van der Waals surface area contributed by atoms with Crippen LogP contribution in [0.15, 0.2) is 28.7 Å². The summed E-state index contributed by atoms with van der Waals surface area (Å²) in [6.07, 6.45) is 2.29. The van der Waals surface area contributed by atoms with Gasteiger partial charge in [-0.1, -0.05) is 34.1 Å². The van der Waals surface area contributed by atoms with Gasteiger partial charge in [0.25, 0.3) is 0 Å². The van der Waals surface area contributed by atoms with E-state index in [1.54, 1.807) is 0 Å². The lowest BCUT2D eigenvalue weighted by Crippen LogP contribution is -2.21. The Morgan fingerprint density at radius 2 is 2.11 bits per heavy atom. The molecule has 1 saturated carbocycles. The summed E-state index contributed by atoms with van der Waals surface area (Å²) in [4.78, 5) is 8.19. The van der Waals surface area contributed by atoms with Gasteiger partial charge in [-0.25, -0.2) is 4.98 Å². The van der Waals surface area contributed by atoms with Crippen LogP contribution in [0.2, 0.25) is 0 Å². The number of nitrogens with two attached hydrogens (primary N) is 1. The Morgan fingerprint density at radius 1 is 1.39 bits per heavy atom. The molecule has 0 unspecified atom stereocenters. The molecule has 3 rings (SSSR count). The van der Waals surface area contributed by atoms with Gasteiger partial charge >= 0.3 is 0 Å². The molecule has 0 saturated heterocycles. The SMILES string of the molecule is Cc1[nH]c(C2(CN)CC2)nc1-c1ccccc1Br. The Hall–Kier alpha value is -1.13. The van der Waals surface area contributed by atoms with Crippen LogP contribution >= 0.6 is 15.9 Å². The second kappa shape index (κ2) is 4.21. The lowest BCUT2D eigenvalue weighted by atomic mass is 10.1. The number of rotatable bonds is 3. The zero-order valence-electron chi connectivity index (χ0n) is 10.3. The van der Waals surface area contributed by atoms with Crippen molar-refractivity contribution in [3.05, 3.63) is 40.3 Å². The van der Waals surface area contributed by atoms with Crippen molar-refractivity contribution >= 4 is 15.9 Å². The Kier molecular flexibility index (Phi) is 2.79. The van der Waals surface area contributed by atoms with E-state index in [1.165, 1.54) is 0 Å². The van der Waals surface area contributed by atoms with Crippen LogP contribution in [0, 0.1) is 6.92 Å². The summed E-state index contributed by atoms with van der Waals surface area (Å²) < 4.78 is 1.07. The largest absolute Gasteiger partial charge is 0.345 e. The van der Waals surface area contributed by atoms with E-state index in [2.05, 4.69) is 33.9 Å². The van der Waals surface area contributed by atoms with Gasteiger partial charge in [-0.15, -0.1) is 0 Å². The monoisotopic (exact) mass is 305 g/mol. The van der Waals surface area contributed by atoms with Crippen molar-refractivity contribution in [3.8, 4) is 11.3 Å². The molecule has 1 aliphatic rings. The molecule has 3 N–H and O–H groups in total. The summed E-state index contributed by atoms with van der Waals surface area (Å²) in [6, 6.07) is 8.17. The highest BCUT2D eigenvalue weighted by atomic mass is 79.9. The van der Waals surface area contributed by atoms with Gasteiger partial charge in [0.1, 0.15) is 5.82 Å². The van der Waals surface area contributed by atoms with Crippen LogP contribution in [0.5, 0.6) is 0 Å². The summed E-state index contributed by atoms with van der Waals surface area (Å²) in [5.74, 6) is 1.05. The maximum Gasteiger partial charge on any atom is 0.114 e. The number of hydrogen-bond acceptors (Lipinski definition) is 2. The van der Waals surface area contributed by atoms with Crippen LogP contribution in [0.1, 0.15) is 24.4 Å². The fourth-order valence-corrected chi connectivity index (χ4v) is 2.79. The highest BCUT2D eigenvalue weighted by Gasteiger charge is 2.46. The number of nitrogens with one attached hydrogen (secondary N) is 1.